The Morgan fingerprint density at radius 2 is 2.09 bits per heavy atom. The lowest BCUT2D eigenvalue weighted by Gasteiger charge is -2.10. The highest BCUT2D eigenvalue weighted by molar-refractivity contribution is 5.46. The van der Waals surface area contributed by atoms with Gasteiger partial charge in [0.15, 0.2) is 6.04 Å². The Balaban J connectivity index is 3.60. The van der Waals surface area contributed by atoms with Crippen LogP contribution >= 0.6 is 0 Å². The smallest absolute Gasteiger partial charge is 0.160 e. The van der Waals surface area contributed by atoms with Gasteiger partial charge in [-0.3, -0.25) is 0 Å². The van der Waals surface area contributed by atoms with Crippen molar-refractivity contribution in [2.24, 2.45) is 0 Å². The van der Waals surface area contributed by atoms with Gasteiger partial charge in [0.05, 0.1) is 0 Å². The van der Waals surface area contributed by atoms with Gasteiger partial charge in [-0.2, -0.15) is 0 Å². The summed E-state index contributed by atoms with van der Waals surface area (Å²) in [6, 6.07) is 0.108. The molecule has 11 heavy (non-hydrogen) atoms. The molecule has 0 aromatic heterocycles. The highest BCUT2D eigenvalue weighted by atomic mass is 16.5. The Morgan fingerprint density at radius 3 is 2.55 bits per heavy atom. The highest BCUT2D eigenvalue weighted by Gasteiger charge is 2.04. The van der Waals surface area contributed by atoms with Crippen LogP contribution in [0.5, 0.6) is 0 Å². The molecule has 0 aliphatic carbocycles. The van der Waals surface area contributed by atoms with Gasteiger partial charge >= 0.3 is 0 Å². The van der Waals surface area contributed by atoms with Gasteiger partial charge in [-0.1, -0.05) is 12.2 Å². The second kappa shape index (κ2) is 5.96. The maximum absolute atomic E-state index is 10.9. The van der Waals surface area contributed by atoms with Gasteiger partial charge in [0.25, 0.3) is 0 Å². The van der Waals surface area contributed by atoms with Crippen LogP contribution in [0.1, 0.15) is 33.6 Å². The molecule has 2 nitrogen and oxygen atoms in total. The fourth-order valence-electron chi connectivity index (χ4n) is 0.886. The van der Waals surface area contributed by atoms with Crippen LogP contribution in [0.2, 0.25) is 0 Å². The molecule has 0 aromatic rings. The van der Waals surface area contributed by atoms with Crippen molar-refractivity contribution in [3.05, 3.63) is 17.4 Å². The van der Waals surface area contributed by atoms with Gasteiger partial charge in [0.2, 0.25) is 0 Å². The van der Waals surface area contributed by atoms with Crippen molar-refractivity contribution in [2.75, 3.05) is 0 Å². The number of hydrogen-bond acceptors (Lipinski definition) is 1. The average molecular weight is 155 g/mol. The third-order valence-electron chi connectivity index (χ3n) is 1.68. The van der Waals surface area contributed by atoms with Crippen molar-refractivity contribution < 1.29 is 4.74 Å². The molecule has 64 valence electrons. The molecule has 0 spiro atoms. The molecule has 1 unspecified atom stereocenters. The van der Waals surface area contributed by atoms with Crippen LogP contribution in [0.4, 0.5) is 0 Å². The lowest BCUT2D eigenvalue weighted by atomic mass is 10.2. The molecule has 0 N–H and O–H groups in total. The third-order valence-corrected chi connectivity index (χ3v) is 1.68. The zero-order chi connectivity index (χ0) is 8.69. The van der Waals surface area contributed by atoms with E-state index in [0.29, 0.717) is 0 Å². The molecule has 0 saturated carbocycles. The summed E-state index contributed by atoms with van der Waals surface area (Å²) in [5.41, 5.74) is 0. The summed E-state index contributed by atoms with van der Waals surface area (Å²) in [6.07, 6.45) is 7.58. The van der Waals surface area contributed by atoms with Crippen LogP contribution in [-0.2, 0) is 0 Å². The van der Waals surface area contributed by atoms with E-state index in [2.05, 4.69) is 6.08 Å². The molecular weight excluding hydrogens is 138 g/mol. The van der Waals surface area contributed by atoms with Gasteiger partial charge < -0.3 is 5.21 Å². The van der Waals surface area contributed by atoms with Crippen molar-refractivity contribution >= 4 is 6.21 Å². The summed E-state index contributed by atoms with van der Waals surface area (Å²) in [5.74, 6) is 0. The zero-order valence-corrected chi connectivity index (χ0v) is 7.58. The van der Waals surface area contributed by atoms with Crippen molar-refractivity contribution in [1.29, 1.82) is 0 Å². The molecule has 0 aromatic carbocycles. The Kier molecular flexibility index (Phi) is 5.53. The second-order valence-corrected chi connectivity index (χ2v) is 2.61. The number of nitrogens with zero attached hydrogens (tertiary/aromatic N) is 1. The average Bonchev–Trinajstić information content (AvgIpc) is 2.03. The molecule has 0 heterocycles. The van der Waals surface area contributed by atoms with E-state index in [1.165, 1.54) is 0 Å². The van der Waals surface area contributed by atoms with Crippen LogP contribution in [0.25, 0.3) is 0 Å². The number of hydrogen-bond donors (Lipinski definition) is 0. The van der Waals surface area contributed by atoms with Gasteiger partial charge in [0, 0.05) is 13.3 Å². The first-order valence-electron chi connectivity index (χ1n) is 4.08. The van der Waals surface area contributed by atoms with Crippen molar-refractivity contribution in [2.45, 2.75) is 39.7 Å². The molecule has 0 rings (SSSR count). The number of allylic oxidation sites excluding steroid dienone is 2. The maximum atomic E-state index is 10.9. The minimum atomic E-state index is 0.108. The monoisotopic (exact) mass is 155 g/mol. The summed E-state index contributed by atoms with van der Waals surface area (Å²) in [6.45, 7) is 5.70. The van der Waals surface area contributed by atoms with E-state index in [0.717, 1.165) is 17.6 Å². The quantitative estimate of drug-likeness (QED) is 0.201. The number of rotatable bonds is 4. The van der Waals surface area contributed by atoms with Gasteiger partial charge in [-0.05, 0) is 20.3 Å². The largest absolute Gasteiger partial charge is 0.624 e. The van der Waals surface area contributed by atoms with E-state index in [1.807, 2.05) is 19.9 Å². The minimum absolute atomic E-state index is 0.108. The fraction of sp³-hybridized carbons (Fsp3) is 0.667. The summed E-state index contributed by atoms with van der Waals surface area (Å²) in [4.78, 5) is 0. The van der Waals surface area contributed by atoms with Crippen LogP contribution in [0.15, 0.2) is 12.2 Å². The molecule has 2 heteroatoms. The summed E-state index contributed by atoms with van der Waals surface area (Å²) >= 11 is 0. The summed E-state index contributed by atoms with van der Waals surface area (Å²) < 4.78 is 1.00. The molecule has 0 aliphatic rings. The van der Waals surface area contributed by atoms with E-state index >= 15 is 0 Å². The third kappa shape index (κ3) is 4.59. The topological polar surface area (TPSA) is 26.1 Å². The van der Waals surface area contributed by atoms with Crippen LogP contribution in [-0.4, -0.2) is 17.0 Å². The SMILES string of the molecule is C/C=[N+](\[O-])C(C)CC/C=C/C. The van der Waals surface area contributed by atoms with E-state index in [-0.39, 0.29) is 6.04 Å². The first kappa shape index (κ1) is 10.2. The summed E-state index contributed by atoms with van der Waals surface area (Å²) in [5, 5.41) is 10.9. The molecule has 0 amide bonds. The predicted octanol–water partition coefficient (Wildman–Crippen LogP) is 2.33. The fourth-order valence-corrected chi connectivity index (χ4v) is 0.886. The molecule has 1 atom stereocenters. The standard InChI is InChI=1S/C9H17NO/c1-4-6-7-8-9(3)10(11)5-2/h4-6,9H,7-8H2,1-3H3/b6-4+,10-5-. The Labute approximate surface area is 68.8 Å². The van der Waals surface area contributed by atoms with E-state index in [1.54, 1.807) is 13.1 Å². The molecule has 0 aliphatic heterocycles. The van der Waals surface area contributed by atoms with Crippen LogP contribution in [0.3, 0.4) is 0 Å². The van der Waals surface area contributed by atoms with E-state index < -0.39 is 0 Å². The Morgan fingerprint density at radius 1 is 1.45 bits per heavy atom. The van der Waals surface area contributed by atoms with Crippen molar-refractivity contribution in [3.8, 4) is 0 Å². The predicted molar refractivity (Wildman–Crippen MR) is 48.9 cm³/mol. The molecule has 0 fully saturated rings. The molecular formula is C9H17NO. The van der Waals surface area contributed by atoms with Crippen molar-refractivity contribution in [1.82, 2.24) is 0 Å². The first-order valence-corrected chi connectivity index (χ1v) is 4.08. The molecule has 0 bridgehead atoms. The van der Waals surface area contributed by atoms with Gasteiger partial charge in [0.1, 0.15) is 6.21 Å². The maximum Gasteiger partial charge on any atom is 0.160 e. The lowest BCUT2D eigenvalue weighted by Crippen LogP contribution is -2.17. The zero-order valence-electron chi connectivity index (χ0n) is 7.58. The van der Waals surface area contributed by atoms with Crippen LogP contribution < -0.4 is 0 Å². The highest BCUT2D eigenvalue weighted by Crippen LogP contribution is 2.00. The second-order valence-electron chi connectivity index (χ2n) is 2.61. The number of hydroxylamine groups is 1. The van der Waals surface area contributed by atoms with Gasteiger partial charge in [-0.25, -0.2) is 4.74 Å². The van der Waals surface area contributed by atoms with E-state index in [9.17, 15) is 5.21 Å². The van der Waals surface area contributed by atoms with Crippen molar-refractivity contribution in [3.63, 3.8) is 0 Å². The first-order chi connectivity index (χ1) is 5.22. The Hall–Kier alpha value is -0.790. The minimum Gasteiger partial charge on any atom is -0.624 e. The lowest BCUT2D eigenvalue weighted by molar-refractivity contribution is -0.493. The Bertz CT molecular complexity index is 150. The van der Waals surface area contributed by atoms with Crippen LogP contribution in [0, 0.1) is 5.21 Å². The van der Waals surface area contributed by atoms with Gasteiger partial charge in [-0.15, -0.1) is 0 Å². The summed E-state index contributed by atoms with van der Waals surface area (Å²) in [7, 11) is 0. The normalized spacial score (nSPS) is 15.7. The van der Waals surface area contributed by atoms with E-state index in [4.69, 9.17) is 0 Å². The molecule has 0 saturated heterocycles. The molecule has 0 radical (unpaired) electrons.